The second-order valence-electron chi connectivity index (χ2n) is 7.41. The molecule has 2 fully saturated rings. The Labute approximate surface area is 181 Å². The number of carbonyl (C=O) groups is 2. The molecule has 7 nitrogen and oxygen atoms in total. The number of nitrogens with one attached hydrogen (secondary N) is 1. The number of thiocarbonyl (C=S) groups is 1. The Balaban J connectivity index is 1.73. The monoisotopic (exact) mass is 426 g/mol. The number of ether oxygens (including phenoxy) is 1. The van der Waals surface area contributed by atoms with E-state index in [9.17, 15) is 9.59 Å². The fourth-order valence-electron chi connectivity index (χ4n) is 4.06. The molecule has 8 heteroatoms. The van der Waals surface area contributed by atoms with Crippen molar-refractivity contribution in [2.75, 3.05) is 32.8 Å². The number of hydrogen-bond acceptors (Lipinski definition) is 4. The molecule has 0 saturated carbocycles. The Kier molecular flexibility index (Phi) is 5.87. The second-order valence-corrected chi connectivity index (χ2v) is 7.80. The maximum Gasteiger partial charge on any atom is 0.276 e. The predicted molar refractivity (Wildman–Crippen MR) is 120 cm³/mol. The number of benzene rings is 1. The third-order valence-corrected chi connectivity index (χ3v) is 5.96. The standard InChI is InChI=1S/C22H26N4O3S/c1-3-15-6-5-7-17-16(12-18-21(28)26(4-2)22(30)23-18)13-25(20(15)17)14-19(27)24-8-10-29-11-9-24/h5-7,12-13H,3-4,8-11,14H2,1-2H3,(H,23,30)/b18-12+. The minimum atomic E-state index is -0.126. The van der Waals surface area contributed by atoms with E-state index < -0.39 is 0 Å². The summed E-state index contributed by atoms with van der Waals surface area (Å²) in [6.07, 6.45) is 4.65. The highest BCUT2D eigenvalue weighted by atomic mass is 32.1. The van der Waals surface area contributed by atoms with Crippen LogP contribution in [0.3, 0.4) is 0 Å². The third-order valence-electron chi connectivity index (χ3n) is 5.64. The van der Waals surface area contributed by atoms with E-state index in [0.717, 1.165) is 22.9 Å². The lowest BCUT2D eigenvalue weighted by Crippen LogP contribution is -2.42. The van der Waals surface area contributed by atoms with Crippen LogP contribution in [-0.4, -0.2) is 64.1 Å². The number of likely N-dealkylation sites (N-methyl/N-ethyl adjacent to an activating group) is 1. The molecule has 30 heavy (non-hydrogen) atoms. The van der Waals surface area contributed by atoms with Crippen LogP contribution in [0, 0.1) is 0 Å². The fourth-order valence-corrected chi connectivity index (χ4v) is 4.39. The molecule has 2 saturated heterocycles. The zero-order valence-corrected chi connectivity index (χ0v) is 18.1. The Hall–Kier alpha value is -2.71. The maximum absolute atomic E-state index is 12.9. The quantitative estimate of drug-likeness (QED) is 0.586. The summed E-state index contributed by atoms with van der Waals surface area (Å²) >= 11 is 5.27. The number of amides is 2. The molecule has 1 aromatic carbocycles. The molecule has 2 amide bonds. The Morgan fingerprint density at radius 3 is 2.70 bits per heavy atom. The van der Waals surface area contributed by atoms with Gasteiger partial charge in [0.05, 0.1) is 18.7 Å². The van der Waals surface area contributed by atoms with Crippen molar-refractivity contribution >= 4 is 46.1 Å². The van der Waals surface area contributed by atoms with Gasteiger partial charge in [0.1, 0.15) is 12.2 Å². The number of morpholine rings is 1. The van der Waals surface area contributed by atoms with Gasteiger partial charge in [-0.25, -0.2) is 0 Å². The average molecular weight is 427 g/mol. The zero-order valence-electron chi connectivity index (χ0n) is 17.3. The summed E-state index contributed by atoms with van der Waals surface area (Å²) < 4.78 is 7.37. The predicted octanol–water partition coefficient (Wildman–Crippen LogP) is 2.14. The molecule has 2 aliphatic heterocycles. The van der Waals surface area contributed by atoms with Gasteiger partial charge in [-0.05, 0) is 37.2 Å². The van der Waals surface area contributed by atoms with Gasteiger partial charge in [-0.15, -0.1) is 0 Å². The van der Waals surface area contributed by atoms with Crippen LogP contribution in [0.25, 0.3) is 17.0 Å². The molecule has 2 aromatic rings. The van der Waals surface area contributed by atoms with Gasteiger partial charge in [0, 0.05) is 36.8 Å². The van der Waals surface area contributed by atoms with Gasteiger partial charge in [0.25, 0.3) is 5.91 Å². The fraction of sp³-hybridized carbons (Fsp3) is 0.409. The zero-order chi connectivity index (χ0) is 21.3. The Morgan fingerprint density at radius 1 is 1.27 bits per heavy atom. The van der Waals surface area contributed by atoms with Gasteiger partial charge in [-0.2, -0.15) is 0 Å². The van der Waals surface area contributed by atoms with Gasteiger partial charge in [0.15, 0.2) is 5.11 Å². The molecule has 0 bridgehead atoms. The van der Waals surface area contributed by atoms with Gasteiger partial charge < -0.3 is 19.5 Å². The van der Waals surface area contributed by atoms with Gasteiger partial charge in [0.2, 0.25) is 5.91 Å². The van der Waals surface area contributed by atoms with E-state index in [-0.39, 0.29) is 18.4 Å². The first-order chi connectivity index (χ1) is 14.5. The van der Waals surface area contributed by atoms with E-state index in [0.29, 0.717) is 43.7 Å². The molecule has 3 heterocycles. The molecular weight excluding hydrogens is 400 g/mol. The SMILES string of the molecule is CCc1cccc2c(/C=C3/NC(=S)N(CC)C3=O)cn(CC(=O)N3CCOCC3)c12. The Morgan fingerprint density at radius 2 is 2.03 bits per heavy atom. The molecule has 0 unspecified atom stereocenters. The number of aryl methyl sites for hydroxylation is 1. The molecule has 158 valence electrons. The number of hydrogen-bond donors (Lipinski definition) is 1. The minimum absolute atomic E-state index is 0.0775. The molecule has 0 spiro atoms. The van der Waals surface area contributed by atoms with Gasteiger partial charge in [-0.1, -0.05) is 25.1 Å². The second kappa shape index (κ2) is 8.57. The molecular formula is C22H26N4O3S. The van der Waals surface area contributed by atoms with Gasteiger partial charge in [-0.3, -0.25) is 14.5 Å². The van der Waals surface area contributed by atoms with E-state index in [1.807, 2.05) is 40.8 Å². The largest absolute Gasteiger partial charge is 0.378 e. The van der Waals surface area contributed by atoms with Crippen LogP contribution in [0.5, 0.6) is 0 Å². The lowest BCUT2D eigenvalue weighted by atomic mass is 10.1. The van der Waals surface area contributed by atoms with Crippen LogP contribution in [0.4, 0.5) is 0 Å². The summed E-state index contributed by atoms with van der Waals surface area (Å²) in [5.74, 6) is -0.0480. The Bertz CT molecular complexity index is 1040. The van der Waals surface area contributed by atoms with Crippen molar-refractivity contribution in [2.24, 2.45) is 0 Å². The van der Waals surface area contributed by atoms with Crippen molar-refractivity contribution in [3.8, 4) is 0 Å². The van der Waals surface area contributed by atoms with Gasteiger partial charge >= 0.3 is 0 Å². The average Bonchev–Trinajstić information content (AvgIpc) is 3.24. The highest BCUT2D eigenvalue weighted by molar-refractivity contribution is 7.80. The highest BCUT2D eigenvalue weighted by Gasteiger charge is 2.29. The van der Waals surface area contributed by atoms with Crippen LogP contribution in [0.2, 0.25) is 0 Å². The van der Waals surface area contributed by atoms with Crippen LogP contribution in [0.15, 0.2) is 30.1 Å². The number of fused-ring (bicyclic) bond motifs is 1. The van der Waals surface area contributed by atoms with Crippen LogP contribution < -0.4 is 5.32 Å². The normalized spacial score (nSPS) is 18.5. The molecule has 2 aliphatic rings. The topological polar surface area (TPSA) is 66.8 Å². The van der Waals surface area contributed by atoms with E-state index in [2.05, 4.69) is 18.3 Å². The highest BCUT2D eigenvalue weighted by Crippen LogP contribution is 2.28. The number of carbonyl (C=O) groups excluding carboxylic acids is 2. The number of para-hydroxylation sites is 1. The molecule has 4 rings (SSSR count). The van der Waals surface area contributed by atoms with E-state index >= 15 is 0 Å². The molecule has 1 aromatic heterocycles. The lowest BCUT2D eigenvalue weighted by molar-refractivity contribution is -0.135. The van der Waals surface area contributed by atoms with E-state index in [1.54, 1.807) is 4.90 Å². The summed E-state index contributed by atoms with van der Waals surface area (Å²) in [6, 6.07) is 6.14. The molecule has 0 radical (unpaired) electrons. The van der Waals surface area contributed by atoms with Crippen molar-refractivity contribution in [2.45, 2.75) is 26.8 Å². The molecule has 0 atom stereocenters. The first-order valence-electron chi connectivity index (χ1n) is 10.3. The number of rotatable bonds is 5. The van der Waals surface area contributed by atoms with Crippen LogP contribution in [-0.2, 0) is 27.3 Å². The van der Waals surface area contributed by atoms with Crippen molar-refractivity contribution in [3.05, 3.63) is 41.2 Å². The smallest absolute Gasteiger partial charge is 0.276 e. The first-order valence-corrected chi connectivity index (χ1v) is 10.7. The minimum Gasteiger partial charge on any atom is -0.378 e. The first kappa shape index (κ1) is 20.6. The molecule has 0 aliphatic carbocycles. The maximum atomic E-state index is 12.9. The number of aromatic nitrogens is 1. The summed E-state index contributed by atoms with van der Waals surface area (Å²) in [4.78, 5) is 28.9. The molecule has 1 N–H and O–H groups in total. The van der Waals surface area contributed by atoms with E-state index in [4.69, 9.17) is 17.0 Å². The summed E-state index contributed by atoms with van der Waals surface area (Å²) in [5.41, 5.74) is 3.56. The van der Waals surface area contributed by atoms with Crippen LogP contribution >= 0.6 is 12.2 Å². The van der Waals surface area contributed by atoms with Crippen molar-refractivity contribution in [3.63, 3.8) is 0 Å². The van der Waals surface area contributed by atoms with Crippen molar-refractivity contribution < 1.29 is 14.3 Å². The van der Waals surface area contributed by atoms with Crippen LogP contribution in [0.1, 0.15) is 25.0 Å². The number of nitrogens with zero attached hydrogens (tertiary/aromatic N) is 3. The summed E-state index contributed by atoms with van der Waals surface area (Å²) in [5, 5.41) is 4.46. The summed E-state index contributed by atoms with van der Waals surface area (Å²) in [6.45, 7) is 7.19. The van der Waals surface area contributed by atoms with E-state index in [1.165, 1.54) is 5.56 Å². The van der Waals surface area contributed by atoms with Crippen molar-refractivity contribution in [1.29, 1.82) is 0 Å². The third kappa shape index (κ3) is 3.73. The van der Waals surface area contributed by atoms with Crippen molar-refractivity contribution in [1.82, 2.24) is 19.7 Å². The summed E-state index contributed by atoms with van der Waals surface area (Å²) in [7, 11) is 0. The lowest BCUT2D eigenvalue weighted by Gasteiger charge is -2.27.